The molecule has 320 valence electrons. The van der Waals surface area contributed by atoms with E-state index in [1.807, 2.05) is 79.7 Å². The van der Waals surface area contributed by atoms with Gasteiger partial charge in [0.05, 0.1) is 11.1 Å². The number of hydrogen-bond donors (Lipinski definition) is 4. The lowest BCUT2D eigenvalue weighted by Crippen LogP contribution is -2.20. The molecule has 0 spiro atoms. The van der Waals surface area contributed by atoms with Crippen molar-refractivity contribution in [3.63, 3.8) is 0 Å². The van der Waals surface area contributed by atoms with E-state index < -0.39 is 23.8 Å². The Hall–Kier alpha value is -4.16. The number of hydrogen-bond acceptors (Lipinski definition) is 4. The lowest BCUT2D eigenvalue weighted by molar-refractivity contribution is 0.0695. The van der Waals surface area contributed by atoms with E-state index in [1.165, 1.54) is 24.3 Å². The molecule has 62 heavy (non-hydrogen) atoms. The van der Waals surface area contributed by atoms with Gasteiger partial charge in [0.25, 0.3) is 11.8 Å². The second kappa shape index (κ2) is 17.1. The first-order chi connectivity index (χ1) is 29.0. The number of carboxylic acid groups (broad SMARTS) is 2. The van der Waals surface area contributed by atoms with Gasteiger partial charge < -0.3 is 20.8 Å². The van der Waals surface area contributed by atoms with Crippen LogP contribution in [0.25, 0.3) is 43.1 Å². The zero-order chi connectivity index (χ0) is 45.5. The zero-order valence-electron chi connectivity index (χ0n) is 34.7. The molecule has 0 aliphatic carbocycles. The average Bonchev–Trinajstić information content (AvgIpc) is 3.18. The maximum absolute atomic E-state index is 15.2. The zero-order valence-corrected chi connectivity index (χ0v) is 40.9. The fourth-order valence-corrected chi connectivity index (χ4v) is 10.8. The molecule has 8 nitrogen and oxygen atoms in total. The number of benzene rings is 7. The number of carboxylic acids is 2. The van der Waals surface area contributed by atoms with Gasteiger partial charge in [-0.3, -0.25) is 9.59 Å². The molecule has 0 saturated carbocycles. The summed E-state index contributed by atoms with van der Waals surface area (Å²) in [6.45, 7) is 16.2. The van der Waals surface area contributed by atoms with E-state index in [1.54, 1.807) is 0 Å². The monoisotopic (exact) mass is 1040 g/mol. The standard InChI is InChI=1S/C48H40Br2Cl4N2O6/c1-17(2)23-9-21(49)10-24(18(3)4)43(23)55-45(57)27-13-31(51)37-39-33(53)15-29(47(59)60)36-30(48(61)62)16-34(54)40(42(36)39)38-32(52)14-28(35(27)41(37)38)46(58)56-44-25(19(5)6)11-22(50)12-26(44)20(7)8/h9-20H,1-8H3,(H,55,57)(H,56,58)(H,59,60)(H,61,62). The Morgan fingerprint density at radius 1 is 0.419 bits per heavy atom. The first-order valence-corrected chi connectivity index (χ1v) is 22.9. The molecule has 2 amide bonds. The molecule has 0 aromatic heterocycles. The summed E-state index contributed by atoms with van der Waals surface area (Å²) in [4.78, 5) is 55.8. The molecule has 0 radical (unpaired) electrons. The summed E-state index contributed by atoms with van der Waals surface area (Å²) in [7, 11) is 0. The fourth-order valence-electron chi connectivity index (χ4n) is 8.59. The molecule has 0 atom stereocenters. The number of carbonyl (C=O) groups excluding carboxylic acids is 2. The molecule has 0 aliphatic heterocycles. The maximum Gasteiger partial charge on any atom is 0.336 e. The van der Waals surface area contributed by atoms with Crippen molar-refractivity contribution >= 4 is 156 Å². The van der Waals surface area contributed by atoms with Gasteiger partial charge in [0.1, 0.15) is 0 Å². The minimum absolute atomic E-state index is 0.00392. The fraction of sp³-hybridized carbons (Fsp3) is 0.250. The molecule has 0 saturated heterocycles. The highest BCUT2D eigenvalue weighted by molar-refractivity contribution is 9.10. The van der Waals surface area contributed by atoms with Crippen LogP contribution in [-0.2, 0) is 0 Å². The molecule has 0 fully saturated rings. The van der Waals surface area contributed by atoms with Crippen molar-refractivity contribution < 1.29 is 29.4 Å². The molecule has 7 rings (SSSR count). The Kier molecular flexibility index (Phi) is 12.6. The lowest BCUT2D eigenvalue weighted by atomic mass is 9.83. The number of rotatable bonds is 10. The summed E-state index contributed by atoms with van der Waals surface area (Å²) in [5.74, 6) is -3.98. The molecule has 7 aromatic carbocycles. The van der Waals surface area contributed by atoms with Crippen LogP contribution >= 0.6 is 78.3 Å². The van der Waals surface area contributed by atoms with Crippen LogP contribution in [0.3, 0.4) is 0 Å². The summed E-state index contributed by atoms with van der Waals surface area (Å²) >= 11 is 35.9. The van der Waals surface area contributed by atoms with E-state index in [0.29, 0.717) is 11.4 Å². The summed E-state index contributed by atoms with van der Waals surface area (Å²) < 4.78 is 1.71. The number of carbonyl (C=O) groups is 4. The molecular formula is C48H40Br2Cl4N2O6. The van der Waals surface area contributed by atoms with Gasteiger partial charge in [0.15, 0.2) is 0 Å². The first kappa shape index (κ1) is 45.9. The van der Waals surface area contributed by atoms with Gasteiger partial charge in [-0.25, -0.2) is 9.59 Å². The van der Waals surface area contributed by atoms with E-state index in [-0.39, 0.29) is 109 Å². The van der Waals surface area contributed by atoms with E-state index in [2.05, 4.69) is 42.5 Å². The van der Waals surface area contributed by atoms with Gasteiger partial charge >= 0.3 is 11.9 Å². The van der Waals surface area contributed by atoms with Gasteiger partial charge in [-0.2, -0.15) is 0 Å². The van der Waals surface area contributed by atoms with Crippen molar-refractivity contribution in [2.45, 2.75) is 79.1 Å². The SMILES string of the molecule is CC(C)c1cc(Br)cc(C(C)C)c1NC(=O)c1cc(Cl)c2c3c(Cl)cc(C(=O)O)c4c(C(=O)O)cc(Cl)c(c5c(Cl)cc(C(=O)Nc6c(C(C)C)cc(Br)cc6C(C)C)c1c25)c43. The van der Waals surface area contributed by atoms with Gasteiger partial charge in [-0.15, -0.1) is 0 Å². The van der Waals surface area contributed by atoms with Crippen molar-refractivity contribution in [2.75, 3.05) is 10.6 Å². The van der Waals surface area contributed by atoms with Gasteiger partial charge in [-0.1, -0.05) is 134 Å². The van der Waals surface area contributed by atoms with Crippen LogP contribution in [0.15, 0.2) is 57.5 Å². The number of nitrogens with one attached hydrogen (secondary N) is 2. The number of aromatic carboxylic acids is 2. The largest absolute Gasteiger partial charge is 0.478 e. The molecule has 0 unspecified atom stereocenters. The van der Waals surface area contributed by atoms with Crippen LogP contribution in [-0.4, -0.2) is 34.0 Å². The molecule has 4 N–H and O–H groups in total. The van der Waals surface area contributed by atoms with E-state index in [0.717, 1.165) is 31.2 Å². The highest BCUT2D eigenvalue weighted by Gasteiger charge is 2.32. The van der Waals surface area contributed by atoms with Crippen LogP contribution in [0.1, 0.15) is 143 Å². The van der Waals surface area contributed by atoms with Gasteiger partial charge in [0.2, 0.25) is 0 Å². The summed E-state index contributed by atoms with van der Waals surface area (Å²) in [6.07, 6.45) is 0. The van der Waals surface area contributed by atoms with Crippen LogP contribution in [0, 0.1) is 0 Å². The predicted octanol–water partition coefficient (Wildman–Crippen LogP) is 16.3. The third-order valence-electron chi connectivity index (χ3n) is 11.4. The second-order valence-corrected chi connectivity index (χ2v) is 20.1. The lowest BCUT2D eigenvalue weighted by Gasteiger charge is -2.25. The van der Waals surface area contributed by atoms with Crippen LogP contribution < -0.4 is 10.6 Å². The van der Waals surface area contributed by atoms with Crippen LogP contribution in [0.2, 0.25) is 20.1 Å². The Morgan fingerprint density at radius 3 is 0.903 bits per heavy atom. The smallest absolute Gasteiger partial charge is 0.336 e. The highest BCUT2D eigenvalue weighted by Crippen LogP contribution is 2.53. The Morgan fingerprint density at radius 2 is 0.661 bits per heavy atom. The summed E-state index contributed by atoms with van der Waals surface area (Å²) in [5.41, 5.74) is 4.06. The van der Waals surface area contributed by atoms with Crippen molar-refractivity contribution in [1.82, 2.24) is 0 Å². The van der Waals surface area contributed by atoms with Gasteiger partial charge in [0, 0.05) is 94.6 Å². The van der Waals surface area contributed by atoms with Crippen molar-refractivity contribution in [1.29, 1.82) is 0 Å². The van der Waals surface area contributed by atoms with Crippen LogP contribution in [0.5, 0.6) is 0 Å². The third kappa shape index (κ3) is 7.68. The molecule has 7 aromatic rings. The third-order valence-corrected chi connectivity index (χ3v) is 13.5. The number of anilines is 2. The normalized spacial score (nSPS) is 12.0. The molecule has 14 heteroatoms. The van der Waals surface area contributed by atoms with Crippen LogP contribution in [0.4, 0.5) is 11.4 Å². The predicted molar refractivity (Wildman–Crippen MR) is 262 cm³/mol. The van der Waals surface area contributed by atoms with Gasteiger partial charge in [-0.05, 0) is 94.5 Å². The number of amides is 2. The summed E-state index contributed by atoms with van der Waals surface area (Å²) in [5, 5.41) is 28.1. The number of fused-ring (bicyclic) bond motifs is 2. The van der Waals surface area contributed by atoms with E-state index in [4.69, 9.17) is 46.4 Å². The molecule has 0 aliphatic rings. The average molecular weight is 1040 g/mol. The maximum atomic E-state index is 15.2. The van der Waals surface area contributed by atoms with Crippen molar-refractivity contribution in [3.05, 3.63) is 122 Å². The Bertz CT molecular complexity index is 2850. The Balaban J connectivity index is 1.67. The minimum atomic E-state index is -1.43. The molecule has 0 heterocycles. The summed E-state index contributed by atoms with van der Waals surface area (Å²) in [6, 6.07) is 13.1. The molecular weight excluding hydrogens is 1000 g/mol. The minimum Gasteiger partial charge on any atom is -0.478 e. The first-order valence-electron chi connectivity index (χ1n) is 19.8. The van der Waals surface area contributed by atoms with E-state index in [9.17, 15) is 19.8 Å². The molecule has 0 bridgehead atoms. The Labute approximate surface area is 394 Å². The topological polar surface area (TPSA) is 133 Å². The number of halogens is 6. The van der Waals surface area contributed by atoms with Crippen molar-refractivity contribution in [3.8, 4) is 0 Å². The highest BCUT2D eigenvalue weighted by atomic mass is 79.9. The second-order valence-electron chi connectivity index (χ2n) is 16.7. The van der Waals surface area contributed by atoms with E-state index >= 15 is 9.59 Å². The van der Waals surface area contributed by atoms with Crippen molar-refractivity contribution in [2.24, 2.45) is 0 Å². The quantitative estimate of drug-likeness (QED) is 0.0797.